The van der Waals surface area contributed by atoms with Crippen molar-refractivity contribution in [3.05, 3.63) is 47.5 Å². The van der Waals surface area contributed by atoms with Crippen molar-refractivity contribution in [3.63, 3.8) is 0 Å². The molecule has 4 heterocycles. The number of halogens is 3. The first kappa shape index (κ1) is 23.6. The molecule has 11 heteroatoms. The molecular weight excluding hydrogens is 461 g/mol. The van der Waals surface area contributed by atoms with Crippen LogP contribution in [-0.2, 0) is 11.3 Å². The summed E-state index contributed by atoms with van der Waals surface area (Å²) in [6, 6.07) is 5.97. The Morgan fingerprint density at radius 3 is 2.69 bits per heavy atom. The predicted octanol–water partition coefficient (Wildman–Crippen LogP) is 3.60. The van der Waals surface area contributed by atoms with Gasteiger partial charge < -0.3 is 19.7 Å². The molecule has 1 atom stereocenters. The minimum atomic E-state index is -2.98. The van der Waals surface area contributed by atoms with Crippen LogP contribution in [0.15, 0.2) is 30.5 Å². The molecule has 0 bridgehead atoms. The van der Waals surface area contributed by atoms with E-state index in [1.165, 1.54) is 12.1 Å². The summed E-state index contributed by atoms with van der Waals surface area (Å²) in [5, 5.41) is 3.49. The van der Waals surface area contributed by atoms with Gasteiger partial charge in [-0.2, -0.15) is 8.78 Å². The van der Waals surface area contributed by atoms with Crippen molar-refractivity contribution in [3.8, 4) is 5.75 Å². The van der Waals surface area contributed by atoms with Gasteiger partial charge in [-0.25, -0.2) is 14.4 Å². The van der Waals surface area contributed by atoms with Gasteiger partial charge in [0.1, 0.15) is 17.1 Å². The van der Waals surface area contributed by atoms with Crippen LogP contribution in [0.25, 0.3) is 11.0 Å². The molecule has 2 saturated heterocycles. The lowest BCUT2D eigenvalue weighted by atomic mass is 10.1. The molecular formula is C24H27F3N6O2. The van der Waals surface area contributed by atoms with E-state index in [2.05, 4.69) is 24.8 Å². The lowest BCUT2D eigenvalue weighted by Crippen LogP contribution is -2.46. The van der Waals surface area contributed by atoms with E-state index < -0.39 is 12.4 Å². The molecule has 2 fully saturated rings. The highest BCUT2D eigenvalue weighted by atomic mass is 19.3. The summed E-state index contributed by atoms with van der Waals surface area (Å²) in [6.45, 7) is 3.44. The van der Waals surface area contributed by atoms with Crippen LogP contribution in [0.5, 0.6) is 5.75 Å². The molecule has 1 aromatic carbocycles. The minimum absolute atomic E-state index is 0.181. The highest BCUT2D eigenvalue weighted by Gasteiger charge is 2.25. The molecule has 186 valence electrons. The Bertz CT molecular complexity index is 1180. The molecule has 1 unspecified atom stereocenters. The maximum atomic E-state index is 14.4. The molecule has 0 saturated carbocycles. The van der Waals surface area contributed by atoms with Crippen LogP contribution in [0.3, 0.4) is 0 Å². The Morgan fingerprint density at radius 2 is 1.97 bits per heavy atom. The molecule has 1 N–H and O–H groups in total. The molecule has 0 spiro atoms. The van der Waals surface area contributed by atoms with E-state index in [9.17, 15) is 13.2 Å². The Balaban J connectivity index is 1.30. The molecule has 3 aromatic rings. The largest absolute Gasteiger partial charge is 0.435 e. The highest BCUT2D eigenvalue weighted by molar-refractivity contribution is 5.80. The summed E-state index contributed by atoms with van der Waals surface area (Å²) in [7, 11) is 0. The number of ether oxygens (including phenoxy) is 2. The molecule has 0 aliphatic carbocycles. The Morgan fingerprint density at radius 1 is 1.14 bits per heavy atom. The van der Waals surface area contributed by atoms with Crippen molar-refractivity contribution in [1.82, 2.24) is 19.9 Å². The van der Waals surface area contributed by atoms with E-state index in [0.29, 0.717) is 50.7 Å². The van der Waals surface area contributed by atoms with Crippen LogP contribution in [0, 0.1) is 12.7 Å². The van der Waals surface area contributed by atoms with Crippen molar-refractivity contribution < 1.29 is 22.6 Å². The van der Waals surface area contributed by atoms with Gasteiger partial charge in [-0.15, -0.1) is 0 Å². The third-order valence-electron chi connectivity index (χ3n) is 6.25. The van der Waals surface area contributed by atoms with E-state index in [1.807, 2.05) is 13.0 Å². The number of aryl methyl sites for hydroxylation is 1. The van der Waals surface area contributed by atoms with Gasteiger partial charge in [0.15, 0.2) is 11.6 Å². The molecule has 35 heavy (non-hydrogen) atoms. The molecule has 5 rings (SSSR count). The number of hydrogen-bond donors (Lipinski definition) is 1. The Hall–Kier alpha value is -3.18. The second kappa shape index (κ2) is 10.2. The van der Waals surface area contributed by atoms with Gasteiger partial charge in [0.05, 0.1) is 24.4 Å². The lowest BCUT2D eigenvalue weighted by molar-refractivity contribution is -0.0500. The first-order valence-electron chi connectivity index (χ1n) is 11.6. The zero-order chi connectivity index (χ0) is 24.4. The number of nitrogens with one attached hydrogen (secondary N) is 1. The number of fused-ring (bicyclic) bond motifs is 1. The van der Waals surface area contributed by atoms with Gasteiger partial charge in [-0.3, -0.25) is 9.88 Å². The van der Waals surface area contributed by atoms with Crippen LogP contribution in [0.1, 0.15) is 17.7 Å². The number of nitrogens with zero attached hydrogens (tertiary/aromatic N) is 5. The standard InChI is InChI=1S/C24H27F3N6O2/c1-15-10-20-21(12-28-15)30-22(29-17-4-9-34-14-17)23(31-20)33-7-5-32(6-8-33)13-16-2-3-18(11-19(16)25)35-24(26)27/h2-3,10-12,17,24H,4-9,13-14H2,1H3,(H,29,30). The fourth-order valence-electron chi connectivity index (χ4n) is 4.40. The average molecular weight is 489 g/mol. The minimum Gasteiger partial charge on any atom is -0.435 e. The zero-order valence-corrected chi connectivity index (χ0v) is 19.4. The van der Waals surface area contributed by atoms with E-state index in [1.54, 1.807) is 6.20 Å². The maximum absolute atomic E-state index is 14.4. The van der Waals surface area contributed by atoms with Crippen molar-refractivity contribution in [2.45, 2.75) is 32.5 Å². The molecule has 2 aliphatic rings. The smallest absolute Gasteiger partial charge is 0.387 e. The summed E-state index contributed by atoms with van der Waals surface area (Å²) >= 11 is 0. The van der Waals surface area contributed by atoms with Gasteiger partial charge in [-0.1, -0.05) is 6.07 Å². The van der Waals surface area contributed by atoms with Crippen molar-refractivity contribution >= 4 is 22.7 Å². The predicted molar refractivity (Wildman–Crippen MR) is 125 cm³/mol. The number of alkyl halides is 2. The number of benzene rings is 1. The van der Waals surface area contributed by atoms with Gasteiger partial charge in [-0.05, 0) is 25.5 Å². The lowest BCUT2D eigenvalue weighted by Gasteiger charge is -2.36. The van der Waals surface area contributed by atoms with E-state index in [-0.39, 0.29) is 11.8 Å². The first-order valence-corrected chi connectivity index (χ1v) is 11.6. The second-order valence-electron chi connectivity index (χ2n) is 8.81. The quantitative estimate of drug-likeness (QED) is 0.541. The number of rotatable bonds is 7. The SMILES string of the molecule is Cc1cc2nc(N3CCN(Cc4ccc(OC(F)F)cc4F)CC3)c(NC3CCOC3)nc2cn1. The van der Waals surface area contributed by atoms with Crippen LogP contribution in [0.4, 0.5) is 24.8 Å². The van der Waals surface area contributed by atoms with Gasteiger partial charge in [0, 0.05) is 56.7 Å². The van der Waals surface area contributed by atoms with E-state index >= 15 is 0 Å². The number of aromatic nitrogens is 3. The maximum Gasteiger partial charge on any atom is 0.387 e. The number of anilines is 2. The second-order valence-corrected chi connectivity index (χ2v) is 8.81. The van der Waals surface area contributed by atoms with Crippen LogP contribution >= 0.6 is 0 Å². The third kappa shape index (κ3) is 5.57. The van der Waals surface area contributed by atoms with E-state index in [4.69, 9.17) is 14.7 Å². The van der Waals surface area contributed by atoms with Gasteiger partial charge in [0.2, 0.25) is 0 Å². The normalized spacial score (nSPS) is 19.0. The molecule has 0 amide bonds. The summed E-state index contributed by atoms with van der Waals surface area (Å²) in [5.74, 6) is 0.765. The summed E-state index contributed by atoms with van der Waals surface area (Å²) in [5.41, 5.74) is 2.84. The number of piperazine rings is 1. The van der Waals surface area contributed by atoms with Crippen molar-refractivity contribution in [2.75, 3.05) is 49.6 Å². The van der Waals surface area contributed by atoms with Crippen LogP contribution in [-0.4, -0.2) is 71.9 Å². The highest BCUT2D eigenvalue weighted by Crippen LogP contribution is 2.28. The summed E-state index contributed by atoms with van der Waals surface area (Å²) < 4.78 is 48.9. The van der Waals surface area contributed by atoms with E-state index in [0.717, 1.165) is 41.6 Å². The van der Waals surface area contributed by atoms with Crippen molar-refractivity contribution in [2.24, 2.45) is 0 Å². The summed E-state index contributed by atoms with van der Waals surface area (Å²) in [4.78, 5) is 18.4. The molecule has 2 aromatic heterocycles. The number of hydrogen-bond acceptors (Lipinski definition) is 8. The first-order chi connectivity index (χ1) is 16.9. The monoisotopic (exact) mass is 488 g/mol. The topological polar surface area (TPSA) is 75.6 Å². The van der Waals surface area contributed by atoms with Crippen molar-refractivity contribution in [1.29, 1.82) is 0 Å². The third-order valence-corrected chi connectivity index (χ3v) is 6.25. The molecule has 8 nitrogen and oxygen atoms in total. The van der Waals surface area contributed by atoms with Crippen LogP contribution in [0.2, 0.25) is 0 Å². The number of pyridine rings is 1. The molecule has 0 radical (unpaired) electrons. The summed E-state index contributed by atoms with van der Waals surface area (Å²) in [6.07, 6.45) is 2.65. The average Bonchev–Trinajstić information content (AvgIpc) is 3.34. The fourth-order valence-corrected chi connectivity index (χ4v) is 4.40. The zero-order valence-electron chi connectivity index (χ0n) is 19.4. The Kier molecular flexibility index (Phi) is 6.87. The van der Waals surface area contributed by atoms with Crippen LogP contribution < -0.4 is 15.0 Å². The Labute approximate surface area is 201 Å². The molecule has 2 aliphatic heterocycles. The fraction of sp³-hybridized carbons (Fsp3) is 0.458. The van der Waals surface area contributed by atoms with Gasteiger partial charge >= 0.3 is 6.61 Å². The van der Waals surface area contributed by atoms with Gasteiger partial charge in [0.25, 0.3) is 0 Å².